The summed E-state index contributed by atoms with van der Waals surface area (Å²) in [7, 11) is -1.30. The molecule has 0 aromatic carbocycles. The van der Waals surface area contributed by atoms with Crippen molar-refractivity contribution in [1.82, 2.24) is 19.6 Å². The number of anilines is 2. The number of aromatic nitrogens is 4. The van der Waals surface area contributed by atoms with E-state index < -0.39 is 9.84 Å². The number of rotatable bonds is 7. The Hall–Kier alpha value is -2.76. The highest BCUT2D eigenvalue weighted by atomic mass is 32.2. The first-order chi connectivity index (χ1) is 17.3. The first-order valence-corrected chi connectivity index (χ1v) is 14.4. The average Bonchev–Trinajstić information content (AvgIpc) is 3.23. The van der Waals surface area contributed by atoms with Gasteiger partial charge in [-0.15, -0.1) is 5.10 Å². The first kappa shape index (κ1) is 24.9. The van der Waals surface area contributed by atoms with E-state index >= 15 is 0 Å². The van der Waals surface area contributed by atoms with Crippen LogP contribution in [0.25, 0.3) is 16.6 Å². The Balaban J connectivity index is 1.52. The number of methoxy groups -OCH3 is 1. The summed E-state index contributed by atoms with van der Waals surface area (Å²) in [6, 6.07) is 6.25. The monoisotopic (exact) mass is 514 g/mol. The molecule has 0 unspecified atom stereocenters. The van der Waals surface area contributed by atoms with E-state index in [1.807, 2.05) is 34.7 Å². The van der Waals surface area contributed by atoms with Crippen LogP contribution in [0.15, 0.2) is 30.6 Å². The fourth-order valence-electron chi connectivity index (χ4n) is 5.19. The molecule has 2 N–H and O–H groups in total. The van der Waals surface area contributed by atoms with Gasteiger partial charge in [0.25, 0.3) is 0 Å². The number of hydrogen-bond donors (Lipinski definition) is 2. The van der Waals surface area contributed by atoms with Gasteiger partial charge in [-0.1, -0.05) is 0 Å². The van der Waals surface area contributed by atoms with Crippen molar-refractivity contribution < 1.29 is 18.3 Å². The maximum Gasteiger partial charge on any atom is 0.241 e. The van der Waals surface area contributed by atoms with Crippen LogP contribution in [0, 0.1) is 0 Å². The SMILES string of the molecule is COC[C@H](C)Nc1ncc2c(-c3ccnc(N4CCS(=O)(=O)CC4)c3)cc(C3CCC(O)CC3)n2n1. The third-order valence-electron chi connectivity index (χ3n) is 7.18. The molecule has 0 spiro atoms. The number of aliphatic hydroxyl groups excluding tert-OH is 1. The molecule has 1 aliphatic carbocycles. The normalized spacial score (nSPS) is 23.0. The highest BCUT2D eigenvalue weighted by Crippen LogP contribution is 2.38. The Morgan fingerprint density at radius 3 is 2.64 bits per heavy atom. The smallest absolute Gasteiger partial charge is 0.241 e. The zero-order chi connectivity index (χ0) is 25.3. The average molecular weight is 515 g/mol. The number of hydrogen-bond acceptors (Lipinski definition) is 9. The zero-order valence-electron chi connectivity index (χ0n) is 20.8. The van der Waals surface area contributed by atoms with Crippen LogP contribution in [-0.2, 0) is 14.6 Å². The zero-order valence-corrected chi connectivity index (χ0v) is 21.6. The molecule has 2 aliphatic rings. The minimum Gasteiger partial charge on any atom is -0.393 e. The number of nitrogens with one attached hydrogen (secondary N) is 1. The number of ether oxygens (including phenoxy) is 1. The van der Waals surface area contributed by atoms with Crippen LogP contribution < -0.4 is 10.2 Å². The molecule has 2 fully saturated rings. The lowest BCUT2D eigenvalue weighted by atomic mass is 9.85. The summed E-state index contributed by atoms with van der Waals surface area (Å²) >= 11 is 0. The van der Waals surface area contributed by atoms with Crippen LogP contribution in [-0.4, -0.2) is 83.6 Å². The summed E-state index contributed by atoms with van der Waals surface area (Å²) in [5, 5.41) is 18.2. The van der Waals surface area contributed by atoms with Crippen LogP contribution in [0.4, 0.5) is 11.8 Å². The van der Waals surface area contributed by atoms with Crippen molar-refractivity contribution in [2.45, 2.75) is 50.7 Å². The second kappa shape index (κ2) is 10.3. The van der Waals surface area contributed by atoms with Gasteiger partial charge in [0.2, 0.25) is 5.95 Å². The van der Waals surface area contributed by atoms with Crippen molar-refractivity contribution in [2.24, 2.45) is 0 Å². The number of sulfone groups is 1. The van der Waals surface area contributed by atoms with Gasteiger partial charge < -0.3 is 20.1 Å². The van der Waals surface area contributed by atoms with Crippen molar-refractivity contribution in [3.05, 3.63) is 36.3 Å². The summed E-state index contributed by atoms with van der Waals surface area (Å²) in [5.41, 5.74) is 4.02. The van der Waals surface area contributed by atoms with Crippen LogP contribution in [0.2, 0.25) is 0 Å². The molecule has 1 saturated heterocycles. The third-order valence-corrected chi connectivity index (χ3v) is 8.79. The Labute approximate surface area is 211 Å². The van der Waals surface area contributed by atoms with Gasteiger partial charge in [0.15, 0.2) is 9.84 Å². The number of nitrogens with zero attached hydrogens (tertiary/aromatic N) is 5. The molecular formula is C25H34N6O4S. The molecule has 5 rings (SSSR count). The molecular weight excluding hydrogens is 480 g/mol. The summed E-state index contributed by atoms with van der Waals surface area (Å²) < 4.78 is 31.0. The van der Waals surface area contributed by atoms with Crippen LogP contribution in [0.3, 0.4) is 0 Å². The number of fused-ring (bicyclic) bond motifs is 1. The Bertz CT molecular complexity index is 1310. The molecule has 11 heteroatoms. The van der Waals surface area contributed by atoms with Crippen LogP contribution in [0.1, 0.15) is 44.2 Å². The highest BCUT2D eigenvalue weighted by molar-refractivity contribution is 7.91. The van der Waals surface area contributed by atoms with Gasteiger partial charge in [0.05, 0.1) is 35.9 Å². The fraction of sp³-hybridized carbons (Fsp3) is 0.560. The van der Waals surface area contributed by atoms with E-state index in [4.69, 9.17) is 9.84 Å². The predicted molar refractivity (Wildman–Crippen MR) is 139 cm³/mol. The maximum absolute atomic E-state index is 11.9. The fourth-order valence-corrected chi connectivity index (χ4v) is 6.39. The van der Waals surface area contributed by atoms with Gasteiger partial charge in [0, 0.05) is 49.6 Å². The second-order valence-electron chi connectivity index (χ2n) is 9.91. The van der Waals surface area contributed by atoms with Gasteiger partial charge in [0.1, 0.15) is 5.82 Å². The molecule has 1 aliphatic heterocycles. The van der Waals surface area contributed by atoms with E-state index in [9.17, 15) is 13.5 Å². The lowest BCUT2D eigenvalue weighted by molar-refractivity contribution is 0.121. The summed E-state index contributed by atoms with van der Waals surface area (Å²) in [6.45, 7) is 3.46. The summed E-state index contributed by atoms with van der Waals surface area (Å²) in [4.78, 5) is 11.1. The van der Waals surface area contributed by atoms with E-state index in [1.165, 1.54) is 0 Å². The van der Waals surface area contributed by atoms with E-state index in [2.05, 4.69) is 21.4 Å². The molecule has 0 radical (unpaired) electrons. The lowest BCUT2D eigenvalue weighted by Gasteiger charge is -2.27. The van der Waals surface area contributed by atoms with Gasteiger partial charge in [-0.3, -0.25) is 0 Å². The quantitative estimate of drug-likeness (QED) is 0.490. The molecule has 3 aromatic heterocycles. The molecule has 10 nitrogen and oxygen atoms in total. The molecule has 194 valence electrons. The van der Waals surface area contributed by atoms with Crippen molar-refractivity contribution in [1.29, 1.82) is 0 Å². The molecule has 0 bridgehead atoms. The standard InChI is InChI=1S/C25H34N6O4S/c1-17(16-35-2)28-25-27-15-23-21(14-22(31(23)29-25)18-3-5-20(32)6-4-18)19-7-8-26-24(13-19)30-9-11-36(33,34)12-10-30/h7-8,13-15,17-18,20,32H,3-6,9-12,16H2,1-2H3,(H,28,29)/t17-,18?,20?/m0/s1. The molecule has 3 aromatic rings. The van der Waals surface area contributed by atoms with E-state index in [1.54, 1.807) is 13.3 Å². The van der Waals surface area contributed by atoms with Crippen molar-refractivity contribution in [3.8, 4) is 11.1 Å². The summed E-state index contributed by atoms with van der Waals surface area (Å²) in [6.07, 6.45) is 6.77. The maximum atomic E-state index is 11.9. The van der Waals surface area contributed by atoms with Gasteiger partial charge in [-0.05, 0) is 56.4 Å². The van der Waals surface area contributed by atoms with E-state index in [-0.39, 0.29) is 23.7 Å². The summed E-state index contributed by atoms with van der Waals surface area (Å²) in [5.74, 6) is 1.91. The minimum atomic E-state index is -2.97. The minimum absolute atomic E-state index is 0.0619. The molecule has 4 heterocycles. The third kappa shape index (κ3) is 5.33. The Morgan fingerprint density at radius 1 is 1.17 bits per heavy atom. The van der Waals surface area contributed by atoms with E-state index in [0.717, 1.165) is 53.8 Å². The Morgan fingerprint density at radius 2 is 1.92 bits per heavy atom. The van der Waals surface area contributed by atoms with Crippen molar-refractivity contribution in [3.63, 3.8) is 0 Å². The highest BCUT2D eigenvalue weighted by Gasteiger charge is 2.27. The second-order valence-corrected chi connectivity index (χ2v) is 12.2. The molecule has 0 amide bonds. The molecule has 36 heavy (non-hydrogen) atoms. The van der Waals surface area contributed by atoms with Crippen LogP contribution in [0.5, 0.6) is 0 Å². The van der Waals surface area contributed by atoms with Crippen molar-refractivity contribution >= 4 is 27.1 Å². The number of pyridine rings is 1. The van der Waals surface area contributed by atoms with Gasteiger partial charge >= 0.3 is 0 Å². The lowest BCUT2D eigenvalue weighted by Crippen LogP contribution is -2.40. The molecule has 1 atom stereocenters. The first-order valence-electron chi connectivity index (χ1n) is 12.6. The van der Waals surface area contributed by atoms with E-state index in [0.29, 0.717) is 31.6 Å². The topological polar surface area (TPSA) is 122 Å². The van der Waals surface area contributed by atoms with Gasteiger partial charge in [-0.25, -0.2) is 22.9 Å². The molecule has 1 saturated carbocycles. The number of aliphatic hydroxyl groups is 1. The largest absolute Gasteiger partial charge is 0.393 e. The predicted octanol–water partition coefficient (Wildman–Crippen LogP) is 2.49. The van der Waals surface area contributed by atoms with Crippen molar-refractivity contribution in [2.75, 3.05) is 48.5 Å². The Kier molecular flexibility index (Phi) is 7.14. The van der Waals surface area contributed by atoms with Gasteiger partial charge in [-0.2, -0.15) is 0 Å². The van der Waals surface area contributed by atoms with Crippen LogP contribution >= 0.6 is 0 Å².